The summed E-state index contributed by atoms with van der Waals surface area (Å²) in [5.74, 6) is 0.973. The summed E-state index contributed by atoms with van der Waals surface area (Å²) in [6.45, 7) is 15.0. The van der Waals surface area contributed by atoms with Gasteiger partial charge in [-0.25, -0.2) is 0 Å². The zero-order valence-corrected chi connectivity index (χ0v) is 17.1. The van der Waals surface area contributed by atoms with Gasteiger partial charge in [0.05, 0.1) is 0 Å². The molecule has 0 aromatic heterocycles. The van der Waals surface area contributed by atoms with Crippen LogP contribution in [0.4, 0.5) is 0 Å². The first-order chi connectivity index (χ1) is 12.1. The van der Waals surface area contributed by atoms with Crippen molar-refractivity contribution in [2.45, 2.75) is 90.3 Å². The topological polar surface area (TPSA) is 9.72 Å². The lowest BCUT2D eigenvalue weighted by molar-refractivity contribution is 0.0468. The Morgan fingerprint density at radius 1 is 0.960 bits per heavy atom. The molecule has 0 amide bonds. The summed E-state index contributed by atoms with van der Waals surface area (Å²) in [7, 11) is 0. The molecule has 0 aromatic carbocycles. The molecule has 4 aliphatic rings. The molecule has 0 aromatic rings. The number of piperazine rings is 1. The molecular formula is C22H41N3. The van der Waals surface area contributed by atoms with Crippen molar-refractivity contribution in [3.8, 4) is 0 Å². The predicted octanol–water partition coefficient (Wildman–Crippen LogP) is 3.84. The summed E-state index contributed by atoms with van der Waals surface area (Å²) in [6, 6.07) is 2.57. The van der Waals surface area contributed by atoms with Crippen LogP contribution in [0.2, 0.25) is 0 Å². The molecule has 3 heterocycles. The second-order valence-corrected chi connectivity index (χ2v) is 10.1. The monoisotopic (exact) mass is 347 g/mol. The van der Waals surface area contributed by atoms with Crippen LogP contribution in [0.1, 0.15) is 72.1 Å². The molecule has 3 heteroatoms. The van der Waals surface area contributed by atoms with E-state index in [1.807, 2.05) is 0 Å². The summed E-state index contributed by atoms with van der Waals surface area (Å²) >= 11 is 0. The van der Waals surface area contributed by atoms with Crippen LogP contribution in [0.15, 0.2) is 0 Å². The first-order valence-corrected chi connectivity index (χ1v) is 11.3. The number of hydrogen-bond acceptors (Lipinski definition) is 3. The molecule has 25 heavy (non-hydrogen) atoms. The quantitative estimate of drug-likeness (QED) is 0.693. The van der Waals surface area contributed by atoms with Gasteiger partial charge in [-0.1, -0.05) is 13.3 Å². The maximum Gasteiger partial charge on any atom is 0.0113 e. The molecule has 0 spiro atoms. The number of rotatable bonds is 7. The Kier molecular flexibility index (Phi) is 5.46. The van der Waals surface area contributed by atoms with E-state index in [2.05, 4.69) is 35.5 Å². The molecule has 0 N–H and O–H groups in total. The fourth-order valence-corrected chi connectivity index (χ4v) is 6.20. The lowest BCUT2D eigenvalue weighted by atomic mass is 9.88. The first-order valence-electron chi connectivity index (χ1n) is 11.3. The molecule has 3 saturated heterocycles. The van der Waals surface area contributed by atoms with Gasteiger partial charge < -0.3 is 4.90 Å². The fraction of sp³-hybridized carbons (Fsp3) is 1.00. The average Bonchev–Trinajstić information content (AvgIpc) is 3.30. The minimum absolute atomic E-state index is 0.721. The Morgan fingerprint density at radius 2 is 1.60 bits per heavy atom. The maximum absolute atomic E-state index is 2.98. The van der Waals surface area contributed by atoms with Crippen molar-refractivity contribution in [1.29, 1.82) is 0 Å². The van der Waals surface area contributed by atoms with Crippen molar-refractivity contribution in [1.82, 2.24) is 14.7 Å². The molecule has 1 saturated carbocycles. The molecule has 1 aliphatic carbocycles. The van der Waals surface area contributed by atoms with Gasteiger partial charge in [0, 0.05) is 57.4 Å². The zero-order chi connectivity index (χ0) is 17.4. The van der Waals surface area contributed by atoms with E-state index in [-0.39, 0.29) is 0 Å². The van der Waals surface area contributed by atoms with Gasteiger partial charge in [0.2, 0.25) is 0 Å². The third-order valence-corrected chi connectivity index (χ3v) is 7.89. The van der Waals surface area contributed by atoms with Crippen LogP contribution in [0, 0.1) is 11.3 Å². The van der Waals surface area contributed by atoms with Crippen molar-refractivity contribution < 1.29 is 0 Å². The van der Waals surface area contributed by atoms with Crippen LogP contribution >= 0.6 is 0 Å². The Bertz CT molecular complexity index is 423. The number of fused-ring (bicyclic) bond motifs is 2. The molecule has 3 aliphatic heterocycles. The van der Waals surface area contributed by atoms with E-state index in [0.717, 1.165) is 29.5 Å². The van der Waals surface area contributed by atoms with E-state index in [1.165, 1.54) is 90.6 Å². The van der Waals surface area contributed by atoms with Crippen molar-refractivity contribution in [3.05, 3.63) is 0 Å². The van der Waals surface area contributed by atoms with Crippen molar-refractivity contribution in [3.63, 3.8) is 0 Å². The Morgan fingerprint density at radius 3 is 2.12 bits per heavy atom. The van der Waals surface area contributed by atoms with Crippen LogP contribution in [0.5, 0.6) is 0 Å². The number of hydrogen-bond donors (Lipinski definition) is 0. The Labute approximate surface area is 156 Å². The molecule has 0 radical (unpaired) electrons. The van der Waals surface area contributed by atoms with Gasteiger partial charge in [-0.15, -0.1) is 0 Å². The van der Waals surface area contributed by atoms with Gasteiger partial charge in [0.25, 0.3) is 0 Å². The smallest absolute Gasteiger partial charge is 0.0113 e. The Hall–Kier alpha value is -0.120. The first kappa shape index (κ1) is 18.3. The van der Waals surface area contributed by atoms with Gasteiger partial charge in [-0.2, -0.15) is 0 Å². The van der Waals surface area contributed by atoms with Gasteiger partial charge in [0.1, 0.15) is 0 Å². The highest BCUT2D eigenvalue weighted by atomic mass is 15.3. The van der Waals surface area contributed by atoms with Crippen molar-refractivity contribution in [2.24, 2.45) is 11.3 Å². The third kappa shape index (κ3) is 4.09. The summed E-state index contributed by atoms with van der Waals surface area (Å²) in [6.07, 6.45) is 11.8. The number of nitrogens with zero attached hydrogens (tertiary/aromatic N) is 3. The van der Waals surface area contributed by atoms with Gasteiger partial charge in [0.15, 0.2) is 0 Å². The predicted molar refractivity (Wildman–Crippen MR) is 106 cm³/mol. The van der Waals surface area contributed by atoms with Crippen LogP contribution < -0.4 is 0 Å². The molecule has 4 fully saturated rings. The second-order valence-electron chi connectivity index (χ2n) is 10.1. The maximum atomic E-state index is 2.98. The summed E-state index contributed by atoms with van der Waals surface area (Å²) in [4.78, 5) is 8.40. The molecule has 0 unspecified atom stereocenters. The largest absolute Gasteiger partial charge is 0.301 e. The van der Waals surface area contributed by atoms with E-state index >= 15 is 0 Å². The van der Waals surface area contributed by atoms with Crippen LogP contribution in [0.3, 0.4) is 0 Å². The molecule has 3 nitrogen and oxygen atoms in total. The average molecular weight is 348 g/mol. The standard InChI is InChI=1S/C22H41N3/c1-4-7-22(8-9-22)17-25-20-5-6-21(25)15-19(14-20)16-23-10-12-24(13-11-23)18(2)3/h18-21H,4-17H2,1-3H3/t19-,20+,21-. The summed E-state index contributed by atoms with van der Waals surface area (Å²) in [5, 5.41) is 0. The minimum Gasteiger partial charge on any atom is -0.301 e. The molecule has 4 rings (SSSR count). The van der Waals surface area contributed by atoms with Gasteiger partial charge >= 0.3 is 0 Å². The van der Waals surface area contributed by atoms with E-state index < -0.39 is 0 Å². The van der Waals surface area contributed by atoms with E-state index in [0.29, 0.717) is 0 Å². The normalized spacial score (nSPS) is 36.2. The highest BCUT2D eigenvalue weighted by Crippen LogP contribution is 2.52. The van der Waals surface area contributed by atoms with Crippen LogP contribution in [-0.2, 0) is 0 Å². The lowest BCUT2D eigenvalue weighted by Crippen LogP contribution is -2.52. The zero-order valence-electron chi connectivity index (χ0n) is 17.1. The molecule has 144 valence electrons. The summed E-state index contributed by atoms with van der Waals surface area (Å²) in [5.41, 5.74) is 0.746. The highest BCUT2D eigenvalue weighted by molar-refractivity contribution is 5.02. The van der Waals surface area contributed by atoms with Gasteiger partial charge in [-0.05, 0) is 70.1 Å². The fourth-order valence-electron chi connectivity index (χ4n) is 6.20. The SMILES string of the molecule is CCCC1(CN2[C@@H]3CC[C@H]2C[C@@H](CN2CCN(C(C)C)CC2)C3)CC1. The van der Waals surface area contributed by atoms with Crippen LogP contribution in [-0.4, -0.2) is 72.1 Å². The second kappa shape index (κ2) is 7.48. The van der Waals surface area contributed by atoms with Crippen molar-refractivity contribution in [2.75, 3.05) is 39.3 Å². The van der Waals surface area contributed by atoms with Crippen molar-refractivity contribution >= 4 is 0 Å². The Balaban J connectivity index is 1.26. The molecule has 2 bridgehead atoms. The molecule has 3 atom stereocenters. The highest BCUT2D eigenvalue weighted by Gasteiger charge is 2.48. The lowest BCUT2D eigenvalue weighted by Gasteiger charge is -2.44. The molecular weight excluding hydrogens is 306 g/mol. The summed E-state index contributed by atoms with van der Waals surface area (Å²) < 4.78 is 0. The number of piperidine rings is 1. The van der Waals surface area contributed by atoms with E-state index in [4.69, 9.17) is 0 Å². The van der Waals surface area contributed by atoms with Gasteiger partial charge in [-0.3, -0.25) is 9.80 Å². The van der Waals surface area contributed by atoms with Crippen LogP contribution in [0.25, 0.3) is 0 Å². The minimum atomic E-state index is 0.721. The van der Waals surface area contributed by atoms with E-state index in [1.54, 1.807) is 0 Å². The van der Waals surface area contributed by atoms with E-state index in [9.17, 15) is 0 Å². The third-order valence-electron chi connectivity index (χ3n) is 7.89.